The quantitative estimate of drug-likeness (QED) is 0.737. The molecule has 3 N–H and O–H groups in total. The van der Waals surface area contributed by atoms with Gasteiger partial charge in [0.15, 0.2) is 0 Å². The van der Waals surface area contributed by atoms with Crippen LogP contribution in [0.1, 0.15) is 20.7 Å². The van der Waals surface area contributed by atoms with E-state index in [9.17, 15) is 9.59 Å². The number of hydrogen-bond acceptors (Lipinski definition) is 5. The van der Waals surface area contributed by atoms with Crippen molar-refractivity contribution in [1.29, 1.82) is 0 Å². The number of pyridine rings is 2. The number of nitrogens with one attached hydrogen (secondary N) is 3. The molecule has 1 fully saturated rings. The van der Waals surface area contributed by atoms with E-state index in [1.54, 1.807) is 49.1 Å². The van der Waals surface area contributed by atoms with E-state index in [2.05, 4.69) is 25.9 Å². The van der Waals surface area contributed by atoms with Crippen molar-refractivity contribution in [3.05, 3.63) is 60.2 Å². The highest BCUT2D eigenvalue weighted by Gasteiger charge is 2.30. The molecular weight excluding hydrogens is 294 g/mol. The maximum Gasteiger partial charge on any atom is 0.251 e. The summed E-state index contributed by atoms with van der Waals surface area (Å²) in [6.07, 6.45) is 6.30. The lowest BCUT2D eigenvalue weighted by molar-refractivity contribution is 0.0896. The molecule has 3 rings (SSSR count). The fourth-order valence-corrected chi connectivity index (χ4v) is 2.49. The van der Waals surface area contributed by atoms with Crippen molar-refractivity contribution in [2.45, 2.75) is 12.1 Å². The molecule has 0 aliphatic carbocycles. The predicted molar refractivity (Wildman–Crippen MR) is 83.9 cm³/mol. The fraction of sp³-hybridized carbons (Fsp3) is 0.250. The summed E-state index contributed by atoms with van der Waals surface area (Å²) in [6.45, 7) is 1.22. The summed E-state index contributed by atoms with van der Waals surface area (Å²) in [6, 6.07) is 6.29. The molecule has 2 atom stereocenters. The fourth-order valence-electron chi connectivity index (χ4n) is 2.49. The summed E-state index contributed by atoms with van der Waals surface area (Å²) in [5, 5.41) is 9.07. The summed E-state index contributed by atoms with van der Waals surface area (Å²) < 4.78 is 0. The molecule has 1 saturated heterocycles. The summed E-state index contributed by atoms with van der Waals surface area (Å²) >= 11 is 0. The Bertz CT molecular complexity index is 618. The maximum atomic E-state index is 12.2. The van der Waals surface area contributed by atoms with E-state index in [-0.39, 0.29) is 23.9 Å². The van der Waals surface area contributed by atoms with Crippen molar-refractivity contribution in [3.63, 3.8) is 0 Å². The molecule has 2 aromatic heterocycles. The highest BCUT2D eigenvalue weighted by molar-refractivity contribution is 5.95. The largest absolute Gasteiger partial charge is 0.346 e. The van der Waals surface area contributed by atoms with Gasteiger partial charge in [0.1, 0.15) is 0 Å². The third-order valence-electron chi connectivity index (χ3n) is 3.73. The number of carbonyl (C=O) groups is 2. The van der Waals surface area contributed by atoms with Gasteiger partial charge in [0.05, 0.1) is 12.1 Å². The van der Waals surface area contributed by atoms with Crippen molar-refractivity contribution in [2.75, 3.05) is 13.1 Å². The van der Waals surface area contributed by atoms with Gasteiger partial charge in [-0.05, 0) is 24.3 Å². The first kappa shape index (κ1) is 15.1. The van der Waals surface area contributed by atoms with Crippen LogP contribution in [0.25, 0.3) is 0 Å². The van der Waals surface area contributed by atoms with Crippen LogP contribution in [-0.2, 0) is 0 Å². The minimum Gasteiger partial charge on any atom is -0.346 e. The molecule has 3 heterocycles. The van der Waals surface area contributed by atoms with Crippen LogP contribution in [0.2, 0.25) is 0 Å². The number of carbonyl (C=O) groups excluding carboxylic acids is 2. The van der Waals surface area contributed by atoms with Crippen LogP contribution in [0.5, 0.6) is 0 Å². The van der Waals surface area contributed by atoms with Crippen LogP contribution in [0.4, 0.5) is 0 Å². The SMILES string of the molecule is O=C(N[C@H]1CNC[C@@H]1NC(=O)c1ccncc1)c1ccncc1. The van der Waals surface area contributed by atoms with Gasteiger partial charge in [-0.25, -0.2) is 0 Å². The van der Waals surface area contributed by atoms with Crippen molar-refractivity contribution >= 4 is 11.8 Å². The lowest BCUT2D eigenvalue weighted by atomic mass is 10.1. The van der Waals surface area contributed by atoms with E-state index >= 15 is 0 Å². The third kappa shape index (κ3) is 3.70. The molecule has 0 radical (unpaired) electrons. The van der Waals surface area contributed by atoms with E-state index in [0.717, 1.165) is 0 Å². The second-order valence-electron chi connectivity index (χ2n) is 5.29. The van der Waals surface area contributed by atoms with Gasteiger partial charge in [-0.2, -0.15) is 0 Å². The Morgan fingerprint density at radius 3 is 1.61 bits per heavy atom. The normalized spacial score (nSPS) is 20.0. The molecule has 0 bridgehead atoms. The molecule has 118 valence electrons. The molecule has 23 heavy (non-hydrogen) atoms. The molecule has 1 aliphatic rings. The van der Waals surface area contributed by atoms with Gasteiger partial charge >= 0.3 is 0 Å². The number of nitrogens with zero attached hydrogens (tertiary/aromatic N) is 2. The van der Waals surface area contributed by atoms with E-state index in [1.165, 1.54) is 0 Å². The summed E-state index contributed by atoms with van der Waals surface area (Å²) in [5.41, 5.74) is 1.09. The van der Waals surface area contributed by atoms with E-state index in [1.807, 2.05) is 0 Å². The smallest absolute Gasteiger partial charge is 0.251 e. The zero-order valence-corrected chi connectivity index (χ0v) is 12.4. The van der Waals surface area contributed by atoms with Crippen LogP contribution in [0, 0.1) is 0 Å². The Kier molecular flexibility index (Phi) is 4.58. The highest BCUT2D eigenvalue weighted by atomic mass is 16.2. The summed E-state index contributed by atoms with van der Waals surface area (Å²) in [5.74, 6) is -0.353. The zero-order valence-electron chi connectivity index (χ0n) is 12.4. The first-order valence-corrected chi connectivity index (χ1v) is 7.36. The predicted octanol–water partition coefficient (Wildman–Crippen LogP) is -0.0232. The van der Waals surface area contributed by atoms with Gasteiger partial charge in [0, 0.05) is 49.0 Å². The van der Waals surface area contributed by atoms with Gasteiger partial charge in [-0.15, -0.1) is 0 Å². The number of amides is 2. The first-order valence-electron chi connectivity index (χ1n) is 7.36. The minimum absolute atomic E-state index is 0.165. The second kappa shape index (κ2) is 6.97. The molecule has 0 saturated carbocycles. The lowest BCUT2D eigenvalue weighted by Gasteiger charge is -2.21. The van der Waals surface area contributed by atoms with Gasteiger partial charge in [-0.3, -0.25) is 19.6 Å². The van der Waals surface area contributed by atoms with Crippen molar-refractivity contribution < 1.29 is 9.59 Å². The lowest BCUT2D eigenvalue weighted by Crippen LogP contribution is -2.51. The molecule has 7 heteroatoms. The monoisotopic (exact) mass is 311 g/mol. The van der Waals surface area contributed by atoms with Crippen LogP contribution >= 0.6 is 0 Å². The molecule has 1 aliphatic heterocycles. The Morgan fingerprint density at radius 1 is 0.826 bits per heavy atom. The molecular formula is C16H17N5O2. The molecule has 0 spiro atoms. The maximum absolute atomic E-state index is 12.2. The standard InChI is InChI=1S/C16H17N5O2/c22-15(11-1-5-17-6-2-11)20-13-9-19-10-14(13)21-16(23)12-3-7-18-8-4-12/h1-8,13-14,19H,9-10H2,(H,20,22)(H,21,23)/t13-,14-/m0/s1. The van der Waals surface area contributed by atoms with Crippen LogP contribution in [0.3, 0.4) is 0 Å². The van der Waals surface area contributed by atoms with Gasteiger partial charge in [0.2, 0.25) is 0 Å². The molecule has 7 nitrogen and oxygen atoms in total. The zero-order chi connectivity index (χ0) is 16.1. The van der Waals surface area contributed by atoms with Crippen molar-refractivity contribution in [2.24, 2.45) is 0 Å². The number of hydrogen-bond donors (Lipinski definition) is 3. The summed E-state index contributed by atoms with van der Waals surface area (Å²) in [7, 11) is 0. The first-order chi connectivity index (χ1) is 11.2. The third-order valence-corrected chi connectivity index (χ3v) is 3.73. The Balaban J connectivity index is 1.62. The average molecular weight is 311 g/mol. The molecule has 0 unspecified atom stereocenters. The average Bonchev–Trinajstić information content (AvgIpc) is 3.03. The van der Waals surface area contributed by atoms with Crippen LogP contribution in [0.15, 0.2) is 49.1 Å². The topological polar surface area (TPSA) is 96.0 Å². The Labute approximate surface area is 133 Å². The van der Waals surface area contributed by atoms with E-state index < -0.39 is 0 Å². The van der Waals surface area contributed by atoms with Crippen LogP contribution in [-0.4, -0.2) is 47.0 Å². The minimum atomic E-state index is -0.177. The second-order valence-corrected chi connectivity index (χ2v) is 5.29. The molecule has 2 amide bonds. The van der Waals surface area contributed by atoms with Crippen LogP contribution < -0.4 is 16.0 Å². The number of aromatic nitrogens is 2. The number of rotatable bonds is 4. The molecule has 2 aromatic rings. The van der Waals surface area contributed by atoms with Gasteiger partial charge < -0.3 is 16.0 Å². The van der Waals surface area contributed by atoms with Gasteiger partial charge in [0.25, 0.3) is 11.8 Å². The van der Waals surface area contributed by atoms with E-state index in [0.29, 0.717) is 24.2 Å². The highest BCUT2D eigenvalue weighted by Crippen LogP contribution is 2.05. The summed E-state index contributed by atoms with van der Waals surface area (Å²) in [4.78, 5) is 32.2. The Morgan fingerprint density at radius 2 is 1.22 bits per heavy atom. The molecule has 0 aromatic carbocycles. The van der Waals surface area contributed by atoms with Gasteiger partial charge in [-0.1, -0.05) is 0 Å². The Hall–Kier alpha value is -2.80. The van der Waals surface area contributed by atoms with Crippen molar-refractivity contribution in [3.8, 4) is 0 Å². The van der Waals surface area contributed by atoms with Crippen molar-refractivity contribution in [1.82, 2.24) is 25.9 Å². The van der Waals surface area contributed by atoms with E-state index in [4.69, 9.17) is 0 Å².